The first-order valence-electron chi connectivity index (χ1n) is 10.2. The average molecular weight is 524 g/mol. The number of amides is 2. The first kappa shape index (κ1) is 22.7. The van der Waals surface area contributed by atoms with Crippen LogP contribution >= 0.6 is 24.0 Å². The molecule has 1 aromatic carbocycles. The fourth-order valence-corrected chi connectivity index (χ4v) is 4.80. The molecule has 1 aliphatic heterocycles. The Balaban J connectivity index is 0.00000256. The summed E-state index contributed by atoms with van der Waals surface area (Å²) in [4.78, 5) is 31.1. The smallest absolute Gasteiger partial charge is 0.233 e. The van der Waals surface area contributed by atoms with Gasteiger partial charge >= 0.3 is 0 Å². The van der Waals surface area contributed by atoms with E-state index in [2.05, 4.69) is 39.9 Å². The third-order valence-electron chi connectivity index (χ3n) is 6.21. The van der Waals surface area contributed by atoms with Crippen LogP contribution in [0.15, 0.2) is 41.4 Å². The second kappa shape index (κ2) is 9.91. The minimum absolute atomic E-state index is 0. The Morgan fingerprint density at radius 1 is 1.07 bits per heavy atom. The van der Waals surface area contributed by atoms with Crippen LogP contribution in [0.3, 0.4) is 0 Å². The van der Waals surface area contributed by atoms with Crippen LogP contribution in [-0.2, 0) is 27.5 Å². The van der Waals surface area contributed by atoms with E-state index in [-0.39, 0.29) is 59.5 Å². The third kappa shape index (κ3) is 4.39. The second-order valence-corrected chi connectivity index (χ2v) is 7.93. The summed E-state index contributed by atoms with van der Waals surface area (Å²) in [5.74, 6) is 0.891. The van der Waals surface area contributed by atoms with Gasteiger partial charge in [-0.05, 0) is 29.4 Å². The molecule has 0 aromatic heterocycles. The van der Waals surface area contributed by atoms with Gasteiger partial charge in [-0.2, -0.15) is 0 Å². The van der Waals surface area contributed by atoms with Crippen molar-refractivity contribution >= 4 is 41.8 Å². The highest BCUT2D eigenvalue weighted by molar-refractivity contribution is 14.0. The molecule has 30 heavy (non-hydrogen) atoms. The molecule has 4 unspecified atom stereocenters. The number of likely N-dealkylation sites (tertiary alicyclic amines) is 1. The number of benzene rings is 1. The fraction of sp³-hybridized carbons (Fsp3) is 0.500. The Hall–Kier alpha value is -1.94. The number of rotatable bonds is 7. The molecule has 2 amide bonds. The van der Waals surface area contributed by atoms with Gasteiger partial charge < -0.3 is 15.4 Å². The molecule has 8 heteroatoms. The van der Waals surface area contributed by atoms with Gasteiger partial charge in [-0.3, -0.25) is 19.5 Å². The molecule has 1 saturated carbocycles. The molecule has 3 aliphatic rings. The number of fused-ring (bicyclic) bond motifs is 5. The van der Waals surface area contributed by atoms with Crippen molar-refractivity contribution in [3.05, 3.63) is 47.5 Å². The molecule has 2 fully saturated rings. The number of carbonyl (C=O) groups excluding carboxylic acids is 2. The van der Waals surface area contributed by atoms with E-state index in [0.717, 1.165) is 17.5 Å². The minimum atomic E-state index is -0.129. The first-order chi connectivity index (χ1) is 14.1. The molecule has 162 valence electrons. The predicted molar refractivity (Wildman–Crippen MR) is 125 cm³/mol. The molecule has 1 aromatic rings. The van der Waals surface area contributed by atoms with E-state index in [0.29, 0.717) is 32.2 Å². The topological polar surface area (TPSA) is 83.0 Å². The fourth-order valence-electron chi connectivity index (χ4n) is 4.80. The van der Waals surface area contributed by atoms with Crippen molar-refractivity contribution in [2.45, 2.75) is 19.6 Å². The molecule has 2 aliphatic carbocycles. The van der Waals surface area contributed by atoms with Crippen LogP contribution < -0.4 is 10.6 Å². The van der Waals surface area contributed by atoms with Crippen LogP contribution in [0.4, 0.5) is 0 Å². The Morgan fingerprint density at radius 2 is 1.67 bits per heavy atom. The van der Waals surface area contributed by atoms with Gasteiger partial charge in [0.1, 0.15) is 0 Å². The highest BCUT2D eigenvalue weighted by Gasteiger charge is 2.58. The zero-order chi connectivity index (χ0) is 20.4. The molecule has 0 radical (unpaired) electrons. The molecule has 7 nitrogen and oxygen atoms in total. The number of halogens is 1. The third-order valence-corrected chi connectivity index (χ3v) is 6.21. The molecular formula is C22H29IN4O3. The standard InChI is InChI=1S/C22H28N4O3.HI/c1-23-22(25-12-14-3-5-15(6-4-14)13-29-2)24-9-10-26-20(27)18-16-7-8-17(11-16)19(18)21(26)28;/h3-8,16-19H,9-13H2,1-2H3,(H2,23,24,25);1H. The van der Waals surface area contributed by atoms with E-state index in [1.807, 2.05) is 12.1 Å². The van der Waals surface area contributed by atoms with E-state index < -0.39 is 0 Å². The number of imide groups is 1. The number of hydrogen-bond donors (Lipinski definition) is 2. The van der Waals surface area contributed by atoms with Gasteiger partial charge in [0, 0.05) is 33.8 Å². The Bertz CT molecular complexity index is 809. The number of nitrogens with zero attached hydrogens (tertiary/aromatic N) is 2. The van der Waals surface area contributed by atoms with Crippen molar-refractivity contribution in [1.82, 2.24) is 15.5 Å². The summed E-state index contributed by atoms with van der Waals surface area (Å²) >= 11 is 0. The van der Waals surface area contributed by atoms with Crippen LogP contribution in [0.2, 0.25) is 0 Å². The SMILES string of the molecule is CN=C(NCCN1C(=O)C2C3C=CC(C3)C2C1=O)NCc1ccc(COC)cc1.I. The Labute approximate surface area is 194 Å². The summed E-state index contributed by atoms with van der Waals surface area (Å²) < 4.78 is 5.12. The number of allylic oxidation sites excluding steroid dienone is 2. The zero-order valence-electron chi connectivity index (χ0n) is 17.3. The van der Waals surface area contributed by atoms with Crippen molar-refractivity contribution in [3.63, 3.8) is 0 Å². The van der Waals surface area contributed by atoms with Crippen LogP contribution in [0.1, 0.15) is 17.5 Å². The van der Waals surface area contributed by atoms with Gasteiger partial charge in [0.05, 0.1) is 18.4 Å². The number of aliphatic imine (C=N–C) groups is 1. The van der Waals surface area contributed by atoms with Crippen LogP contribution in [0.25, 0.3) is 0 Å². The maximum atomic E-state index is 12.7. The number of methoxy groups -OCH3 is 1. The van der Waals surface area contributed by atoms with E-state index in [1.54, 1.807) is 14.2 Å². The van der Waals surface area contributed by atoms with E-state index in [9.17, 15) is 9.59 Å². The number of nitrogens with one attached hydrogen (secondary N) is 2. The van der Waals surface area contributed by atoms with Crippen molar-refractivity contribution in [2.75, 3.05) is 27.2 Å². The summed E-state index contributed by atoms with van der Waals surface area (Å²) in [5.41, 5.74) is 2.26. The summed E-state index contributed by atoms with van der Waals surface area (Å²) in [6, 6.07) is 8.19. The number of hydrogen-bond acceptors (Lipinski definition) is 4. The van der Waals surface area contributed by atoms with Gasteiger partial charge in [0.25, 0.3) is 0 Å². The lowest BCUT2D eigenvalue weighted by Gasteiger charge is -2.18. The van der Waals surface area contributed by atoms with E-state index in [4.69, 9.17) is 4.74 Å². The highest BCUT2D eigenvalue weighted by Crippen LogP contribution is 2.52. The van der Waals surface area contributed by atoms with Gasteiger partial charge in [0.2, 0.25) is 11.8 Å². The van der Waals surface area contributed by atoms with Crippen molar-refractivity contribution in [2.24, 2.45) is 28.7 Å². The van der Waals surface area contributed by atoms with Crippen molar-refractivity contribution < 1.29 is 14.3 Å². The molecule has 0 spiro atoms. The molecule has 1 heterocycles. The normalized spacial score (nSPS) is 26.7. The number of carbonyl (C=O) groups is 2. The highest BCUT2D eigenvalue weighted by atomic mass is 127. The van der Waals surface area contributed by atoms with Gasteiger partial charge in [0.15, 0.2) is 5.96 Å². The Kier molecular flexibility index (Phi) is 7.51. The first-order valence-corrected chi connectivity index (χ1v) is 10.2. The number of ether oxygens (including phenoxy) is 1. The maximum absolute atomic E-state index is 12.7. The van der Waals surface area contributed by atoms with Crippen LogP contribution in [0.5, 0.6) is 0 Å². The monoisotopic (exact) mass is 524 g/mol. The summed E-state index contributed by atoms with van der Waals surface area (Å²) in [7, 11) is 3.39. The van der Waals surface area contributed by atoms with Gasteiger partial charge in [-0.1, -0.05) is 36.4 Å². The lowest BCUT2D eigenvalue weighted by atomic mass is 9.85. The van der Waals surface area contributed by atoms with Crippen molar-refractivity contribution in [1.29, 1.82) is 0 Å². The van der Waals surface area contributed by atoms with Crippen LogP contribution in [-0.4, -0.2) is 49.9 Å². The van der Waals surface area contributed by atoms with E-state index >= 15 is 0 Å². The summed E-state index contributed by atoms with van der Waals surface area (Å²) in [5, 5.41) is 6.46. The quantitative estimate of drug-likeness (QED) is 0.187. The molecule has 1 saturated heterocycles. The predicted octanol–water partition coefficient (Wildman–Crippen LogP) is 1.92. The van der Waals surface area contributed by atoms with Crippen molar-refractivity contribution in [3.8, 4) is 0 Å². The number of guanidine groups is 1. The molecule has 4 rings (SSSR count). The Morgan fingerprint density at radius 3 is 2.23 bits per heavy atom. The zero-order valence-corrected chi connectivity index (χ0v) is 19.7. The summed E-state index contributed by atoms with van der Waals surface area (Å²) in [6.45, 7) is 2.08. The lowest BCUT2D eigenvalue weighted by Crippen LogP contribution is -2.43. The molecule has 4 atom stereocenters. The van der Waals surface area contributed by atoms with Crippen LogP contribution in [0, 0.1) is 23.7 Å². The minimum Gasteiger partial charge on any atom is -0.380 e. The molecule has 2 bridgehead atoms. The van der Waals surface area contributed by atoms with Gasteiger partial charge in [-0.15, -0.1) is 24.0 Å². The van der Waals surface area contributed by atoms with E-state index in [1.165, 1.54) is 4.90 Å². The second-order valence-electron chi connectivity index (χ2n) is 7.93. The largest absolute Gasteiger partial charge is 0.380 e. The molecule has 2 N–H and O–H groups in total. The average Bonchev–Trinajstić information content (AvgIpc) is 3.41. The van der Waals surface area contributed by atoms with Gasteiger partial charge in [-0.25, -0.2) is 0 Å². The molecular weight excluding hydrogens is 495 g/mol. The maximum Gasteiger partial charge on any atom is 0.233 e. The summed E-state index contributed by atoms with van der Waals surface area (Å²) in [6.07, 6.45) is 5.20. The lowest BCUT2D eigenvalue weighted by molar-refractivity contribution is -0.140.